The predicted octanol–water partition coefficient (Wildman–Crippen LogP) is 1.81. The molecule has 0 aliphatic heterocycles. The molecule has 0 spiro atoms. The Labute approximate surface area is 130 Å². The first-order chi connectivity index (χ1) is 10.0. The Morgan fingerprint density at radius 3 is 2.23 bits per heavy atom. The van der Waals surface area contributed by atoms with Crippen LogP contribution in [0.3, 0.4) is 0 Å². The highest BCUT2D eigenvalue weighted by Crippen LogP contribution is 2.17. The number of amides is 1. The zero-order chi connectivity index (χ0) is 17.0. The third kappa shape index (κ3) is 6.42. The molecule has 1 N–H and O–H groups in total. The van der Waals surface area contributed by atoms with E-state index in [4.69, 9.17) is 9.02 Å². The van der Waals surface area contributed by atoms with E-state index in [-0.39, 0.29) is 13.2 Å². The fourth-order valence-electron chi connectivity index (χ4n) is 1.62. The summed E-state index contributed by atoms with van der Waals surface area (Å²) in [6.07, 6.45) is -0.0897. The van der Waals surface area contributed by atoms with E-state index in [2.05, 4.69) is 0 Å². The van der Waals surface area contributed by atoms with Gasteiger partial charge in [0.05, 0.1) is 19.4 Å². The number of aliphatic hydroxyl groups is 1. The van der Waals surface area contributed by atoms with Gasteiger partial charge in [-0.1, -0.05) is 24.3 Å². The summed E-state index contributed by atoms with van der Waals surface area (Å²) in [5.41, 5.74) is 0.319. The van der Waals surface area contributed by atoms with Crippen molar-refractivity contribution in [1.82, 2.24) is 5.06 Å². The van der Waals surface area contributed by atoms with Gasteiger partial charge in [0, 0.05) is 0 Å². The van der Waals surface area contributed by atoms with E-state index < -0.39 is 21.8 Å². The quantitative estimate of drug-likeness (QED) is 0.827. The molecule has 0 saturated heterocycles. The molecule has 22 heavy (non-hydrogen) atoms. The second kappa shape index (κ2) is 7.08. The third-order valence-corrected chi connectivity index (χ3v) is 2.88. The van der Waals surface area contributed by atoms with Crippen LogP contribution >= 0.6 is 0 Å². The van der Waals surface area contributed by atoms with Crippen molar-refractivity contribution in [3.8, 4) is 0 Å². The van der Waals surface area contributed by atoms with E-state index in [1.165, 1.54) is 0 Å². The van der Waals surface area contributed by atoms with Gasteiger partial charge in [-0.3, -0.25) is 0 Å². The molecule has 1 amide bonds. The molecule has 0 atom stereocenters. The number of hydrogen-bond donors (Lipinski definition) is 1. The molecule has 0 saturated carbocycles. The molecule has 1 aromatic carbocycles. The lowest BCUT2D eigenvalue weighted by atomic mass is 10.1. The molecular weight excluding hydrogens is 310 g/mol. The van der Waals surface area contributed by atoms with Gasteiger partial charge in [0.25, 0.3) is 10.1 Å². The molecule has 0 aliphatic carbocycles. The number of carbonyl (C=O) groups is 1. The van der Waals surface area contributed by atoms with Crippen molar-refractivity contribution in [1.29, 1.82) is 0 Å². The topological polar surface area (TPSA) is 93.1 Å². The van der Waals surface area contributed by atoms with Crippen LogP contribution in [0.15, 0.2) is 24.3 Å². The summed E-state index contributed by atoms with van der Waals surface area (Å²) in [5, 5.41) is 9.92. The molecule has 124 valence electrons. The van der Waals surface area contributed by atoms with E-state index in [9.17, 15) is 18.3 Å². The summed E-state index contributed by atoms with van der Waals surface area (Å²) < 4.78 is 32.5. The molecule has 0 fully saturated rings. The maximum absolute atomic E-state index is 12.1. The SMILES string of the molecule is CC(C)(C)OC(=O)N(Cc1ccccc1CO)OS(C)(=O)=O. The molecule has 0 radical (unpaired) electrons. The molecule has 1 aromatic rings. The molecule has 0 unspecified atom stereocenters. The molecule has 8 heteroatoms. The van der Waals surface area contributed by atoms with Gasteiger partial charge in [-0.2, -0.15) is 13.5 Å². The van der Waals surface area contributed by atoms with E-state index >= 15 is 0 Å². The minimum atomic E-state index is -3.90. The number of aliphatic hydroxyl groups excluding tert-OH is 1. The van der Waals surface area contributed by atoms with Gasteiger partial charge in [0.2, 0.25) is 0 Å². The van der Waals surface area contributed by atoms with Crippen molar-refractivity contribution in [2.24, 2.45) is 0 Å². The van der Waals surface area contributed by atoms with Crippen molar-refractivity contribution in [3.05, 3.63) is 35.4 Å². The average molecular weight is 331 g/mol. The summed E-state index contributed by atoms with van der Waals surface area (Å²) in [4.78, 5) is 12.1. The molecule has 0 aromatic heterocycles. The lowest BCUT2D eigenvalue weighted by Gasteiger charge is -2.26. The first kappa shape index (κ1) is 18.4. The number of nitrogens with zero attached hydrogens (tertiary/aromatic N) is 1. The predicted molar refractivity (Wildman–Crippen MR) is 80.1 cm³/mol. The molecule has 1 rings (SSSR count). The lowest BCUT2D eigenvalue weighted by Crippen LogP contribution is -2.38. The monoisotopic (exact) mass is 331 g/mol. The van der Waals surface area contributed by atoms with Gasteiger partial charge in [-0.05, 0) is 31.9 Å². The van der Waals surface area contributed by atoms with Crippen molar-refractivity contribution >= 4 is 16.2 Å². The summed E-state index contributed by atoms with van der Waals surface area (Å²) in [7, 11) is -3.90. The second-order valence-corrected chi connectivity index (χ2v) is 7.28. The van der Waals surface area contributed by atoms with Crippen molar-refractivity contribution in [2.75, 3.05) is 6.26 Å². The first-order valence-corrected chi connectivity index (χ1v) is 8.41. The Morgan fingerprint density at radius 1 is 1.23 bits per heavy atom. The number of benzene rings is 1. The Bertz CT molecular complexity index is 620. The van der Waals surface area contributed by atoms with E-state index in [0.717, 1.165) is 6.26 Å². The highest BCUT2D eigenvalue weighted by Gasteiger charge is 2.26. The molecular formula is C14H21NO6S. The minimum Gasteiger partial charge on any atom is -0.442 e. The van der Waals surface area contributed by atoms with Gasteiger partial charge < -0.3 is 9.84 Å². The fourth-order valence-corrected chi connectivity index (χ4v) is 2.06. The smallest absolute Gasteiger partial charge is 0.435 e. The number of hydrogen-bond acceptors (Lipinski definition) is 6. The Balaban J connectivity index is 3.03. The summed E-state index contributed by atoms with van der Waals surface area (Å²) in [6, 6.07) is 6.77. The summed E-state index contributed by atoms with van der Waals surface area (Å²) in [6.45, 7) is 4.57. The number of rotatable bonds is 5. The van der Waals surface area contributed by atoms with E-state index in [1.54, 1.807) is 45.0 Å². The van der Waals surface area contributed by atoms with Crippen LogP contribution in [0.2, 0.25) is 0 Å². The van der Waals surface area contributed by atoms with Gasteiger partial charge >= 0.3 is 6.09 Å². The normalized spacial score (nSPS) is 12.0. The van der Waals surface area contributed by atoms with Crippen molar-refractivity contribution in [3.63, 3.8) is 0 Å². The van der Waals surface area contributed by atoms with E-state index in [1.807, 2.05) is 0 Å². The second-order valence-electron chi connectivity index (χ2n) is 5.72. The van der Waals surface area contributed by atoms with Crippen LogP contribution in [-0.2, 0) is 32.3 Å². The third-order valence-electron chi connectivity index (χ3n) is 2.43. The summed E-state index contributed by atoms with van der Waals surface area (Å²) >= 11 is 0. The highest BCUT2D eigenvalue weighted by atomic mass is 32.2. The maximum atomic E-state index is 12.1. The zero-order valence-electron chi connectivity index (χ0n) is 13.1. The summed E-state index contributed by atoms with van der Waals surface area (Å²) in [5.74, 6) is 0. The van der Waals surface area contributed by atoms with Crippen LogP contribution in [0.25, 0.3) is 0 Å². The fraction of sp³-hybridized carbons (Fsp3) is 0.500. The zero-order valence-corrected chi connectivity index (χ0v) is 13.9. The first-order valence-electron chi connectivity index (χ1n) is 6.59. The average Bonchev–Trinajstić information content (AvgIpc) is 2.35. The number of hydroxylamine groups is 2. The van der Waals surface area contributed by atoms with Crippen LogP contribution in [0, 0.1) is 0 Å². The molecule has 0 heterocycles. The molecule has 0 aliphatic rings. The lowest BCUT2D eigenvalue weighted by molar-refractivity contribution is -0.0735. The Hall–Kier alpha value is -1.64. The number of ether oxygens (including phenoxy) is 1. The van der Waals surface area contributed by atoms with Crippen LogP contribution in [0.1, 0.15) is 31.9 Å². The maximum Gasteiger partial charge on any atom is 0.435 e. The molecule has 0 bridgehead atoms. The molecule has 7 nitrogen and oxygen atoms in total. The van der Waals surface area contributed by atoms with Crippen LogP contribution < -0.4 is 0 Å². The minimum absolute atomic E-state index is 0.168. The van der Waals surface area contributed by atoms with Crippen LogP contribution in [-0.4, -0.2) is 36.5 Å². The van der Waals surface area contributed by atoms with Crippen molar-refractivity contribution < 1.29 is 27.3 Å². The van der Waals surface area contributed by atoms with Gasteiger partial charge in [0.15, 0.2) is 0 Å². The van der Waals surface area contributed by atoms with Gasteiger partial charge in [-0.15, -0.1) is 4.28 Å². The Morgan fingerprint density at radius 2 is 1.77 bits per heavy atom. The van der Waals surface area contributed by atoms with Gasteiger partial charge in [-0.25, -0.2) is 4.79 Å². The Kier molecular flexibility index (Phi) is 5.92. The van der Waals surface area contributed by atoms with Crippen molar-refractivity contribution in [2.45, 2.75) is 39.5 Å². The van der Waals surface area contributed by atoms with E-state index in [0.29, 0.717) is 16.2 Å². The largest absolute Gasteiger partial charge is 0.442 e. The standard InChI is InChI=1S/C14H21NO6S/c1-14(2,3)20-13(17)15(21-22(4,18)19)9-11-7-5-6-8-12(11)10-16/h5-8,16H,9-10H2,1-4H3. The highest BCUT2D eigenvalue weighted by molar-refractivity contribution is 7.85. The number of carbonyl (C=O) groups excluding carboxylic acids is 1. The van der Waals surface area contributed by atoms with Crippen LogP contribution in [0.5, 0.6) is 0 Å². The van der Waals surface area contributed by atoms with Gasteiger partial charge in [0.1, 0.15) is 5.60 Å². The van der Waals surface area contributed by atoms with Crippen LogP contribution in [0.4, 0.5) is 4.79 Å².